The van der Waals surface area contributed by atoms with Gasteiger partial charge in [0.1, 0.15) is 4.83 Å². The highest BCUT2D eigenvalue weighted by molar-refractivity contribution is 7.15. The van der Waals surface area contributed by atoms with Crippen molar-refractivity contribution in [1.82, 2.24) is 4.40 Å². The molecule has 2 aromatic rings. The molecular weight excluding hydrogens is 158 g/mol. The minimum atomic E-state index is 0.0567. The largest absolute Gasteiger partial charge is 0.272 e. The third kappa shape index (κ3) is 0.886. The highest BCUT2D eigenvalue weighted by Crippen LogP contribution is 2.11. The second kappa shape index (κ2) is 2.20. The van der Waals surface area contributed by atoms with Crippen molar-refractivity contribution in [1.29, 1.82) is 0 Å². The predicted octanol–water partition coefficient (Wildman–Crippen LogP) is 1.67. The normalized spacial score (nSPS) is 10.6. The minimum Gasteiger partial charge on any atom is -0.272 e. The monoisotopic (exact) mass is 165 g/mol. The van der Waals surface area contributed by atoms with Crippen molar-refractivity contribution < 1.29 is 0 Å². The molecule has 11 heavy (non-hydrogen) atoms. The van der Waals surface area contributed by atoms with Crippen molar-refractivity contribution in [2.24, 2.45) is 0 Å². The molecule has 0 bridgehead atoms. The molecule has 0 spiro atoms. The summed E-state index contributed by atoms with van der Waals surface area (Å²) in [4.78, 5) is 12.2. The molecule has 0 aliphatic carbocycles. The second-order valence-electron chi connectivity index (χ2n) is 2.41. The van der Waals surface area contributed by atoms with E-state index in [1.165, 1.54) is 0 Å². The predicted molar refractivity (Wildman–Crippen MR) is 46.3 cm³/mol. The number of pyridine rings is 1. The Morgan fingerprint density at radius 1 is 1.45 bits per heavy atom. The van der Waals surface area contributed by atoms with Crippen LogP contribution in [0.1, 0.15) is 5.69 Å². The quantitative estimate of drug-likeness (QED) is 0.582. The summed E-state index contributed by atoms with van der Waals surface area (Å²) in [6.45, 7) is 1.94. The molecule has 2 aromatic heterocycles. The van der Waals surface area contributed by atoms with Gasteiger partial charge in [-0.05, 0) is 13.0 Å². The molecule has 0 atom stereocenters. The Balaban J connectivity index is 3.08. The fourth-order valence-electron chi connectivity index (χ4n) is 1.11. The number of fused-ring (bicyclic) bond motifs is 1. The van der Waals surface area contributed by atoms with E-state index in [4.69, 9.17) is 0 Å². The maximum Gasteiger partial charge on any atom is 0.255 e. The molecule has 0 fully saturated rings. The molecule has 0 amide bonds. The van der Waals surface area contributed by atoms with Gasteiger partial charge in [0, 0.05) is 17.1 Å². The van der Waals surface area contributed by atoms with Crippen LogP contribution >= 0.6 is 11.3 Å². The molecule has 2 heterocycles. The topological polar surface area (TPSA) is 21.5 Å². The van der Waals surface area contributed by atoms with Crippen LogP contribution in [0.4, 0.5) is 0 Å². The van der Waals surface area contributed by atoms with Crippen LogP contribution in [0, 0.1) is 6.92 Å². The summed E-state index contributed by atoms with van der Waals surface area (Å²) < 4.78 is 1.71. The van der Waals surface area contributed by atoms with Crippen LogP contribution in [-0.4, -0.2) is 4.40 Å². The minimum absolute atomic E-state index is 0.0567. The SMILES string of the molecule is Cc1csc2cccc(=O)n12. The van der Waals surface area contributed by atoms with Crippen LogP contribution in [-0.2, 0) is 0 Å². The molecule has 2 rings (SSSR count). The average molecular weight is 165 g/mol. The standard InChI is InChI=1S/C8H7NOS/c1-6-5-11-8-4-2-3-7(10)9(6)8/h2-5H,1H3. The molecule has 0 N–H and O–H groups in total. The van der Waals surface area contributed by atoms with E-state index in [-0.39, 0.29) is 5.56 Å². The summed E-state index contributed by atoms with van der Waals surface area (Å²) in [5, 5.41) is 1.98. The summed E-state index contributed by atoms with van der Waals surface area (Å²) in [7, 11) is 0. The van der Waals surface area contributed by atoms with Gasteiger partial charge in [-0.1, -0.05) is 6.07 Å². The van der Waals surface area contributed by atoms with Crippen LogP contribution in [0.2, 0.25) is 0 Å². The Morgan fingerprint density at radius 2 is 2.27 bits per heavy atom. The lowest BCUT2D eigenvalue weighted by Gasteiger charge is -1.91. The van der Waals surface area contributed by atoms with Gasteiger partial charge in [0.25, 0.3) is 5.56 Å². The van der Waals surface area contributed by atoms with Crippen LogP contribution in [0.5, 0.6) is 0 Å². The van der Waals surface area contributed by atoms with Crippen LogP contribution in [0.15, 0.2) is 28.4 Å². The van der Waals surface area contributed by atoms with Crippen molar-refractivity contribution >= 4 is 16.2 Å². The maximum absolute atomic E-state index is 11.2. The van der Waals surface area contributed by atoms with E-state index < -0.39 is 0 Å². The summed E-state index contributed by atoms with van der Waals surface area (Å²) in [5.41, 5.74) is 1.07. The van der Waals surface area contributed by atoms with E-state index in [0.717, 1.165) is 10.5 Å². The first-order valence-electron chi connectivity index (χ1n) is 3.35. The Kier molecular flexibility index (Phi) is 1.32. The summed E-state index contributed by atoms with van der Waals surface area (Å²) in [5.74, 6) is 0. The van der Waals surface area contributed by atoms with Gasteiger partial charge < -0.3 is 0 Å². The molecule has 56 valence electrons. The third-order valence-electron chi connectivity index (χ3n) is 1.62. The van der Waals surface area contributed by atoms with Crippen LogP contribution in [0.3, 0.4) is 0 Å². The zero-order valence-corrected chi connectivity index (χ0v) is 6.89. The molecule has 0 saturated heterocycles. The summed E-state index contributed by atoms with van der Waals surface area (Å²) in [6.07, 6.45) is 0. The fraction of sp³-hybridized carbons (Fsp3) is 0.125. The van der Waals surface area contributed by atoms with E-state index >= 15 is 0 Å². The van der Waals surface area contributed by atoms with Gasteiger partial charge >= 0.3 is 0 Å². The summed E-state index contributed by atoms with van der Waals surface area (Å²) in [6, 6.07) is 5.30. The number of hydrogen-bond acceptors (Lipinski definition) is 2. The van der Waals surface area contributed by atoms with E-state index in [9.17, 15) is 4.79 Å². The second-order valence-corrected chi connectivity index (χ2v) is 3.30. The van der Waals surface area contributed by atoms with Crippen molar-refractivity contribution in [3.05, 3.63) is 39.6 Å². The van der Waals surface area contributed by atoms with Crippen LogP contribution in [0.25, 0.3) is 4.83 Å². The molecule has 2 nitrogen and oxygen atoms in total. The van der Waals surface area contributed by atoms with E-state index in [0.29, 0.717) is 0 Å². The number of aryl methyl sites for hydroxylation is 1. The van der Waals surface area contributed by atoms with E-state index in [1.807, 2.05) is 18.4 Å². The Bertz CT molecular complexity index is 441. The van der Waals surface area contributed by atoms with E-state index in [1.54, 1.807) is 27.9 Å². The number of thiazole rings is 1. The van der Waals surface area contributed by atoms with Crippen LogP contribution < -0.4 is 5.56 Å². The molecule has 0 unspecified atom stereocenters. The van der Waals surface area contributed by atoms with Gasteiger partial charge in [-0.2, -0.15) is 0 Å². The smallest absolute Gasteiger partial charge is 0.255 e. The zero-order chi connectivity index (χ0) is 7.84. The average Bonchev–Trinajstić information content (AvgIpc) is 2.34. The molecule has 3 heteroatoms. The Labute approximate surface area is 67.7 Å². The van der Waals surface area contributed by atoms with Gasteiger partial charge in [-0.25, -0.2) is 0 Å². The number of hydrogen-bond donors (Lipinski definition) is 0. The zero-order valence-electron chi connectivity index (χ0n) is 6.07. The van der Waals surface area contributed by atoms with Gasteiger partial charge in [0.05, 0.1) is 0 Å². The summed E-state index contributed by atoms with van der Waals surface area (Å²) >= 11 is 1.59. The highest BCUT2D eigenvalue weighted by Gasteiger charge is 1.98. The third-order valence-corrected chi connectivity index (χ3v) is 2.64. The lowest BCUT2D eigenvalue weighted by Crippen LogP contribution is -2.10. The van der Waals surface area contributed by atoms with Crippen molar-refractivity contribution in [2.75, 3.05) is 0 Å². The molecule has 0 aromatic carbocycles. The van der Waals surface area contributed by atoms with Gasteiger partial charge in [0.15, 0.2) is 0 Å². The lowest BCUT2D eigenvalue weighted by atomic mass is 10.4. The first-order valence-corrected chi connectivity index (χ1v) is 4.23. The number of rotatable bonds is 0. The number of nitrogens with zero attached hydrogens (tertiary/aromatic N) is 1. The van der Waals surface area contributed by atoms with Gasteiger partial charge in [-0.15, -0.1) is 11.3 Å². The van der Waals surface area contributed by atoms with Crippen molar-refractivity contribution in [3.63, 3.8) is 0 Å². The fourth-order valence-corrected chi connectivity index (χ4v) is 2.00. The highest BCUT2D eigenvalue weighted by atomic mass is 32.1. The maximum atomic E-state index is 11.2. The lowest BCUT2D eigenvalue weighted by molar-refractivity contribution is 1.06. The molecule has 0 aliphatic heterocycles. The van der Waals surface area contributed by atoms with Gasteiger partial charge in [-0.3, -0.25) is 9.20 Å². The molecule has 0 aliphatic rings. The molecule has 0 radical (unpaired) electrons. The van der Waals surface area contributed by atoms with E-state index in [2.05, 4.69) is 0 Å². The first-order chi connectivity index (χ1) is 5.29. The Morgan fingerprint density at radius 3 is 3.00 bits per heavy atom. The Hall–Kier alpha value is -1.09. The number of aromatic nitrogens is 1. The van der Waals surface area contributed by atoms with Crippen molar-refractivity contribution in [3.8, 4) is 0 Å². The first kappa shape index (κ1) is 6.61. The molecular formula is C8H7NOS. The molecule has 0 saturated carbocycles. The van der Waals surface area contributed by atoms with Gasteiger partial charge in [0.2, 0.25) is 0 Å². The van der Waals surface area contributed by atoms with Crippen molar-refractivity contribution in [2.45, 2.75) is 6.92 Å².